The van der Waals surface area contributed by atoms with Crippen LogP contribution in [0.2, 0.25) is 0 Å². The fraction of sp³-hybridized carbons (Fsp3) is 0.0204. The number of hydrogen-bond acceptors (Lipinski definition) is 0. The molecule has 9 aromatic rings. The van der Waals surface area contributed by atoms with E-state index >= 15 is 0 Å². The van der Waals surface area contributed by atoms with Crippen molar-refractivity contribution in [3.05, 3.63) is 221 Å². The second-order valence-electron chi connectivity index (χ2n) is 13.4. The Bertz CT molecular complexity index is 2720. The zero-order valence-corrected chi connectivity index (χ0v) is 29.4. The van der Waals surface area contributed by atoms with Crippen LogP contribution in [-0.4, -0.2) is 4.57 Å². The number of aromatic nitrogens is 1. The van der Waals surface area contributed by atoms with Gasteiger partial charge in [0.05, 0.1) is 22.1 Å². The van der Waals surface area contributed by atoms with Crippen LogP contribution in [-0.2, 0) is 5.41 Å². The molecule has 0 saturated heterocycles. The van der Waals surface area contributed by atoms with Crippen LogP contribution in [0.5, 0.6) is 0 Å². The fourth-order valence-electron chi connectivity index (χ4n) is 8.63. The number of hydrogen-bond donors (Lipinski definition) is 0. The van der Waals surface area contributed by atoms with Crippen molar-refractivity contribution < 1.29 is 0 Å². The van der Waals surface area contributed by atoms with E-state index in [-0.39, 0.29) is 0 Å². The molecule has 51 heavy (non-hydrogen) atoms. The Hall–Kier alpha value is -5.96. The number of benzene rings is 8. The normalized spacial score (nSPS) is 13.0. The third kappa shape index (κ3) is 4.46. The predicted molar refractivity (Wildman–Crippen MR) is 217 cm³/mol. The summed E-state index contributed by atoms with van der Waals surface area (Å²) in [4.78, 5) is 0. The monoisotopic (exact) mass is 713 g/mol. The van der Waals surface area contributed by atoms with Crippen molar-refractivity contribution >= 4 is 37.7 Å². The van der Waals surface area contributed by atoms with Gasteiger partial charge in [-0.3, -0.25) is 0 Å². The molecule has 0 N–H and O–H groups in total. The summed E-state index contributed by atoms with van der Waals surface area (Å²) in [6.07, 6.45) is 0. The quantitative estimate of drug-likeness (QED) is 0.167. The summed E-state index contributed by atoms with van der Waals surface area (Å²) < 4.78 is 3.60. The average molecular weight is 715 g/mol. The molecule has 0 saturated carbocycles. The summed E-state index contributed by atoms with van der Waals surface area (Å²) in [5.41, 5.74) is 15.6. The van der Waals surface area contributed by atoms with Gasteiger partial charge in [0.2, 0.25) is 0 Å². The van der Waals surface area contributed by atoms with Gasteiger partial charge in [0.15, 0.2) is 0 Å². The van der Waals surface area contributed by atoms with Crippen LogP contribution in [0.1, 0.15) is 22.3 Å². The van der Waals surface area contributed by atoms with Gasteiger partial charge in [0.25, 0.3) is 0 Å². The van der Waals surface area contributed by atoms with Crippen molar-refractivity contribution in [2.75, 3.05) is 0 Å². The molecule has 1 aliphatic carbocycles. The van der Waals surface area contributed by atoms with Gasteiger partial charge >= 0.3 is 0 Å². The molecular formula is C49H32BrN. The van der Waals surface area contributed by atoms with E-state index in [2.05, 4.69) is 215 Å². The molecule has 0 radical (unpaired) electrons. The molecule has 1 aliphatic rings. The smallest absolute Gasteiger partial charge is 0.0714 e. The molecule has 0 unspecified atom stereocenters. The number of halogens is 1. The van der Waals surface area contributed by atoms with Crippen molar-refractivity contribution in [2.45, 2.75) is 5.41 Å². The van der Waals surface area contributed by atoms with Crippen molar-refractivity contribution in [2.24, 2.45) is 0 Å². The van der Waals surface area contributed by atoms with Gasteiger partial charge in [-0.1, -0.05) is 180 Å². The first-order chi connectivity index (χ1) is 25.2. The van der Waals surface area contributed by atoms with Crippen LogP contribution in [0.4, 0.5) is 0 Å². The maximum atomic E-state index is 3.77. The molecule has 0 aliphatic heterocycles. The van der Waals surface area contributed by atoms with E-state index in [1.54, 1.807) is 0 Å². The maximum absolute atomic E-state index is 3.77. The summed E-state index contributed by atoms with van der Waals surface area (Å²) in [6.45, 7) is 0. The van der Waals surface area contributed by atoms with Crippen LogP contribution in [0.25, 0.3) is 60.9 Å². The summed E-state index contributed by atoms with van der Waals surface area (Å²) >= 11 is 3.77. The summed E-state index contributed by atoms with van der Waals surface area (Å²) in [5.74, 6) is 0. The minimum Gasteiger partial charge on any atom is -0.309 e. The van der Waals surface area contributed by atoms with Gasteiger partial charge < -0.3 is 4.57 Å². The molecule has 0 spiro atoms. The lowest BCUT2D eigenvalue weighted by molar-refractivity contribution is 0.768. The first-order valence-electron chi connectivity index (χ1n) is 17.5. The van der Waals surface area contributed by atoms with E-state index in [0.717, 1.165) is 4.47 Å². The van der Waals surface area contributed by atoms with Crippen LogP contribution in [0, 0.1) is 0 Å². The first-order valence-corrected chi connectivity index (χ1v) is 18.3. The van der Waals surface area contributed by atoms with E-state index in [1.165, 1.54) is 83.1 Å². The van der Waals surface area contributed by atoms with Crippen LogP contribution >= 0.6 is 15.9 Å². The number of para-hydroxylation sites is 1. The van der Waals surface area contributed by atoms with E-state index in [9.17, 15) is 0 Å². The molecule has 1 aromatic heterocycles. The van der Waals surface area contributed by atoms with Crippen molar-refractivity contribution in [1.29, 1.82) is 0 Å². The second kappa shape index (κ2) is 11.8. The molecule has 0 bridgehead atoms. The summed E-state index contributed by atoms with van der Waals surface area (Å²) in [6, 6.07) is 71.2. The van der Waals surface area contributed by atoms with Gasteiger partial charge in [-0.2, -0.15) is 0 Å². The summed E-state index contributed by atoms with van der Waals surface area (Å²) in [5, 5.41) is 2.50. The van der Waals surface area contributed by atoms with Gasteiger partial charge in [0.1, 0.15) is 0 Å². The lowest BCUT2D eigenvalue weighted by Gasteiger charge is -2.34. The standard InChI is InChI=1S/C49H32BrN/c50-44-26-11-8-21-38(44)35-16-13-15-33(31-35)34-29-30-40-39-22-9-12-27-45(39)51(47(40)32-34)46-28-14-25-43-48(46)41-23-7-10-24-42(41)49(43,36-17-3-1-4-18-36)37-19-5-2-6-20-37/h1-32H. The van der Waals surface area contributed by atoms with Crippen LogP contribution < -0.4 is 0 Å². The van der Waals surface area contributed by atoms with E-state index in [4.69, 9.17) is 0 Å². The lowest BCUT2D eigenvalue weighted by atomic mass is 9.68. The predicted octanol–water partition coefficient (Wildman–Crippen LogP) is 13.2. The van der Waals surface area contributed by atoms with E-state index < -0.39 is 5.41 Å². The third-order valence-electron chi connectivity index (χ3n) is 10.8. The molecule has 2 heteroatoms. The molecule has 0 amide bonds. The highest BCUT2D eigenvalue weighted by Gasteiger charge is 2.47. The first kappa shape index (κ1) is 29.9. The molecule has 10 rings (SSSR count). The van der Waals surface area contributed by atoms with E-state index in [0.29, 0.717) is 0 Å². The Morgan fingerprint density at radius 2 is 0.980 bits per heavy atom. The largest absolute Gasteiger partial charge is 0.309 e. The van der Waals surface area contributed by atoms with Gasteiger partial charge in [-0.05, 0) is 80.4 Å². The lowest BCUT2D eigenvalue weighted by Crippen LogP contribution is -2.28. The Morgan fingerprint density at radius 1 is 0.392 bits per heavy atom. The molecule has 0 fully saturated rings. The minimum absolute atomic E-state index is 0.458. The van der Waals surface area contributed by atoms with Crippen LogP contribution in [0.3, 0.4) is 0 Å². The Labute approximate surface area is 306 Å². The van der Waals surface area contributed by atoms with Crippen molar-refractivity contribution in [3.63, 3.8) is 0 Å². The molecule has 0 atom stereocenters. The molecule has 1 heterocycles. The zero-order valence-electron chi connectivity index (χ0n) is 27.8. The van der Waals surface area contributed by atoms with Crippen molar-refractivity contribution in [3.8, 4) is 39.1 Å². The number of rotatable bonds is 5. The van der Waals surface area contributed by atoms with Gasteiger partial charge in [0, 0.05) is 20.8 Å². The molecule has 8 aromatic carbocycles. The highest BCUT2D eigenvalue weighted by atomic mass is 79.9. The second-order valence-corrected chi connectivity index (χ2v) is 14.2. The topological polar surface area (TPSA) is 4.93 Å². The van der Waals surface area contributed by atoms with Crippen LogP contribution in [0.15, 0.2) is 199 Å². The third-order valence-corrected chi connectivity index (χ3v) is 11.4. The number of fused-ring (bicyclic) bond motifs is 6. The highest BCUT2D eigenvalue weighted by Crippen LogP contribution is 2.58. The molecule has 240 valence electrons. The van der Waals surface area contributed by atoms with E-state index in [1.807, 2.05) is 0 Å². The summed E-state index contributed by atoms with van der Waals surface area (Å²) in [7, 11) is 0. The maximum Gasteiger partial charge on any atom is 0.0714 e. The minimum atomic E-state index is -0.458. The molecular weight excluding hydrogens is 682 g/mol. The SMILES string of the molecule is Brc1ccccc1-c1cccc(-c2ccc3c4ccccc4n(-c4cccc5c4-c4ccccc4C5(c4ccccc4)c4ccccc4)c3c2)c1. The highest BCUT2D eigenvalue weighted by molar-refractivity contribution is 9.10. The Morgan fingerprint density at radius 3 is 1.76 bits per heavy atom. The average Bonchev–Trinajstić information content (AvgIpc) is 3.69. The molecule has 1 nitrogen and oxygen atoms in total. The Kier molecular flexibility index (Phi) is 6.94. The van der Waals surface area contributed by atoms with Gasteiger partial charge in [-0.15, -0.1) is 0 Å². The fourth-order valence-corrected chi connectivity index (χ4v) is 9.15. The Balaban J connectivity index is 1.26. The van der Waals surface area contributed by atoms with Crippen molar-refractivity contribution in [1.82, 2.24) is 4.57 Å². The van der Waals surface area contributed by atoms with Gasteiger partial charge in [-0.25, -0.2) is 0 Å². The number of nitrogens with zero attached hydrogens (tertiary/aromatic N) is 1. The zero-order chi connectivity index (χ0) is 33.9.